The van der Waals surface area contributed by atoms with E-state index in [1.807, 2.05) is 30.3 Å². The lowest BCUT2D eigenvalue weighted by Gasteiger charge is -2.14. The zero-order chi connectivity index (χ0) is 19.2. The van der Waals surface area contributed by atoms with Crippen molar-refractivity contribution < 1.29 is 14.7 Å². The summed E-state index contributed by atoms with van der Waals surface area (Å²) in [4.78, 5) is 42.6. The quantitative estimate of drug-likeness (QED) is 0.590. The van der Waals surface area contributed by atoms with Crippen molar-refractivity contribution in [1.29, 1.82) is 0 Å². The summed E-state index contributed by atoms with van der Waals surface area (Å²) < 4.78 is 0. The van der Waals surface area contributed by atoms with Gasteiger partial charge in [-0.1, -0.05) is 42.5 Å². The van der Waals surface area contributed by atoms with E-state index in [-0.39, 0.29) is 24.8 Å². The largest absolute Gasteiger partial charge is 0.480 e. The Hall–Kier alpha value is -3.48. The second kappa shape index (κ2) is 8.27. The molecule has 1 amide bonds. The van der Waals surface area contributed by atoms with Gasteiger partial charge in [0.1, 0.15) is 11.9 Å². The molecule has 0 unspecified atom stereocenters. The third kappa shape index (κ3) is 4.78. The molecular weight excluding hydrogens is 346 g/mol. The van der Waals surface area contributed by atoms with Crippen LogP contribution in [0.15, 0.2) is 59.4 Å². The van der Waals surface area contributed by atoms with Gasteiger partial charge in [0.2, 0.25) is 5.91 Å². The number of hydrogen-bond acceptors (Lipinski definition) is 4. The zero-order valence-electron chi connectivity index (χ0n) is 14.5. The first-order valence-electron chi connectivity index (χ1n) is 8.57. The van der Waals surface area contributed by atoms with E-state index >= 15 is 0 Å². The first kappa shape index (κ1) is 18.3. The predicted octanol–water partition coefficient (Wildman–Crippen LogP) is 1.67. The molecule has 1 aromatic heterocycles. The summed E-state index contributed by atoms with van der Waals surface area (Å²) >= 11 is 0. The molecule has 0 spiro atoms. The van der Waals surface area contributed by atoms with E-state index in [0.29, 0.717) is 16.7 Å². The van der Waals surface area contributed by atoms with E-state index in [0.717, 1.165) is 5.56 Å². The Morgan fingerprint density at radius 2 is 1.78 bits per heavy atom. The molecule has 0 saturated heterocycles. The fraction of sp³-hybridized carbons (Fsp3) is 0.200. The van der Waals surface area contributed by atoms with Crippen LogP contribution >= 0.6 is 0 Å². The van der Waals surface area contributed by atoms with Gasteiger partial charge in [-0.2, -0.15) is 0 Å². The lowest BCUT2D eigenvalue weighted by atomic mass is 10.1. The summed E-state index contributed by atoms with van der Waals surface area (Å²) in [7, 11) is 0. The molecule has 0 aliphatic carbocycles. The lowest BCUT2D eigenvalue weighted by molar-refractivity contribution is -0.141. The molecule has 3 aromatic rings. The first-order valence-corrected chi connectivity index (χ1v) is 8.57. The van der Waals surface area contributed by atoms with Gasteiger partial charge in [-0.25, -0.2) is 9.78 Å². The maximum atomic E-state index is 12.2. The molecule has 27 heavy (non-hydrogen) atoms. The van der Waals surface area contributed by atoms with Crippen LogP contribution < -0.4 is 10.9 Å². The number of nitrogens with one attached hydrogen (secondary N) is 2. The van der Waals surface area contributed by atoms with E-state index in [1.54, 1.807) is 24.3 Å². The SMILES string of the molecule is O=C(CCc1nc2ccccc2c(=O)[nH]1)N[C@@H](Cc1ccccc1)C(=O)O. The lowest BCUT2D eigenvalue weighted by Crippen LogP contribution is -2.42. The molecule has 0 fully saturated rings. The van der Waals surface area contributed by atoms with Crippen molar-refractivity contribution in [2.24, 2.45) is 0 Å². The number of aliphatic carboxylic acids is 1. The first-order chi connectivity index (χ1) is 13.0. The number of rotatable bonds is 7. The van der Waals surface area contributed by atoms with Gasteiger partial charge >= 0.3 is 5.97 Å². The Morgan fingerprint density at radius 3 is 2.52 bits per heavy atom. The monoisotopic (exact) mass is 365 g/mol. The van der Waals surface area contributed by atoms with Crippen LogP contribution in [-0.2, 0) is 22.4 Å². The number of fused-ring (bicyclic) bond motifs is 1. The van der Waals surface area contributed by atoms with Crippen molar-refractivity contribution in [2.45, 2.75) is 25.3 Å². The number of hydrogen-bond donors (Lipinski definition) is 3. The number of carboxylic acid groups (broad SMARTS) is 1. The highest BCUT2D eigenvalue weighted by Gasteiger charge is 2.20. The number of para-hydroxylation sites is 1. The van der Waals surface area contributed by atoms with Gasteiger partial charge in [-0.05, 0) is 17.7 Å². The van der Waals surface area contributed by atoms with Crippen molar-refractivity contribution in [1.82, 2.24) is 15.3 Å². The van der Waals surface area contributed by atoms with Gasteiger partial charge in [0.25, 0.3) is 5.56 Å². The Bertz CT molecular complexity index is 1010. The maximum absolute atomic E-state index is 12.2. The van der Waals surface area contributed by atoms with Gasteiger partial charge < -0.3 is 15.4 Å². The van der Waals surface area contributed by atoms with Crippen LogP contribution in [0.4, 0.5) is 0 Å². The molecular formula is C20H19N3O4. The molecule has 0 aliphatic rings. The van der Waals surface area contributed by atoms with Crippen molar-refractivity contribution >= 4 is 22.8 Å². The Kier molecular flexibility index (Phi) is 5.61. The minimum absolute atomic E-state index is 0.0276. The van der Waals surface area contributed by atoms with Crippen LogP contribution in [-0.4, -0.2) is 33.0 Å². The minimum atomic E-state index is -1.09. The van der Waals surface area contributed by atoms with Crippen LogP contribution in [0.2, 0.25) is 0 Å². The number of carbonyl (C=O) groups excluding carboxylic acids is 1. The van der Waals surface area contributed by atoms with Gasteiger partial charge in [-0.3, -0.25) is 9.59 Å². The van der Waals surface area contributed by atoms with Gasteiger partial charge in [0.15, 0.2) is 0 Å². The minimum Gasteiger partial charge on any atom is -0.480 e. The molecule has 7 heteroatoms. The van der Waals surface area contributed by atoms with Crippen molar-refractivity contribution in [3.8, 4) is 0 Å². The number of aryl methyl sites for hydroxylation is 1. The molecule has 3 rings (SSSR count). The summed E-state index contributed by atoms with van der Waals surface area (Å²) in [5.74, 6) is -1.11. The van der Waals surface area contributed by atoms with E-state index < -0.39 is 17.9 Å². The molecule has 7 nitrogen and oxygen atoms in total. The predicted molar refractivity (Wildman–Crippen MR) is 100 cm³/mol. The third-order valence-corrected chi connectivity index (χ3v) is 4.17. The van der Waals surface area contributed by atoms with Gasteiger partial charge in [0.05, 0.1) is 10.9 Å². The number of H-pyrrole nitrogens is 1. The molecule has 2 aromatic carbocycles. The van der Waals surface area contributed by atoms with E-state index in [9.17, 15) is 19.5 Å². The smallest absolute Gasteiger partial charge is 0.326 e. The van der Waals surface area contributed by atoms with E-state index in [2.05, 4.69) is 15.3 Å². The summed E-state index contributed by atoms with van der Waals surface area (Å²) in [5.41, 5.74) is 1.12. The van der Waals surface area contributed by atoms with Crippen LogP contribution in [0.1, 0.15) is 17.8 Å². The summed E-state index contributed by atoms with van der Waals surface area (Å²) in [6.07, 6.45) is 0.441. The topological polar surface area (TPSA) is 112 Å². The molecule has 3 N–H and O–H groups in total. The number of nitrogens with zero attached hydrogens (tertiary/aromatic N) is 1. The van der Waals surface area contributed by atoms with Crippen LogP contribution in [0, 0.1) is 0 Å². The Balaban J connectivity index is 1.63. The number of carbonyl (C=O) groups is 2. The molecule has 0 bridgehead atoms. The van der Waals surface area contributed by atoms with Gasteiger partial charge in [-0.15, -0.1) is 0 Å². The fourth-order valence-electron chi connectivity index (χ4n) is 2.80. The zero-order valence-corrected chi connectivity index (χ0v) is 14.5. The average Bonchev–Trinajstić information content (AvgIpc) is 2.67. The molecule has 1 atom stereocenters. The summed E-state index contributed by atoms with van der Waals surface area (Å²) in [6.45, 7) is 0. The standard InChI is InChI=1S/C20H19N3O4/c24-18(22-16(20(26)27)12-13-6-2-1-3-7-13)11-10-17-21-15-9-5-4-8-14(15)19(25)23-17/h1-9,16H,10-12H2,(H,22,24)(H,26,27)(H,21,23,25)/t16-/m0/s1. The molecule has 0 radical (unpaired) electrons. The molecule has 1 heterocycles. The number of benzene rings is 2. The summed E-state index contributed by atoms with van der Waals surface area (Å²) in [5, 5.41) is 12.4. The van der Waals surface area contributed by atoms with Crippen LogP contribution in [0.3, 0.4) is 0 Å². The van der Waals surface area contributed by atoms with Gasteiger partial charge in [0, 0.05) is 19.3 Å². The highest BCUT2D eigenvalue weighted by Crippen LogP contribution is 2.07. The maximum Gasteiger partial charge on any atom is 0.326 e. The normalized spacial score (nSPS) is 11.9. The Morgan fingerprint density at radius 1 is 1.07 bits per heavy atom. The Labute approximate surface area is 155 Å². The number of amides is 1. The van der Waals surface area contributed by atoms with E-state index in [4.69, 9.17) is 0 Å². The average molecular weight is 365 g/mol. The molecule has 0 aliphatic heterocycles. The molecule has 0 saturated carbocycles. The van der Waals surface area contributed by atoms with Crippen LogP contribution in [0.25, 0.3) is 10.9 Å². The second-order valence-corrected chi connectivity index (χ2v) is 6.18. The highest BCUT2D eigenvalue weighted by atomic mass is 16.4. The number of aromatic nitrogens is 2. The number of aromatic amines is 1. The van der Waals surface area contributed by atoms with Crippen molar-refractivity contribution in [3.05, 3.63) is 76.3 Å². The second-order valence-electron chi connectivity index (χ2n) is 6.18. The fourth-order valence-corrected chi connectivity index (χ4v) is 2.80. The molecule has 138 valence electrons. The highest BCUT2D eigenvalue weighted by molar-refractivity contribution is 5.84. The van der Waals surface area contributed by atoms with E-state index in [1.165, 1.54) is 0 Å². The third-order valence-electron chi connectivity index (χ3n) is 4.17. The summed E-state index contributed by atoms with van der Waals surface area (Å²) in [6, 6.07) is 15.0. The van der Waals surface area contributed by atoms with Crippen molar-refractivity contribution in [3.63, 3.8) is 0 Å². The number of carboxylic acids is 1. The van der Waals surface area contributed by atoms with Crippen LogP contribution in [0.5, 0.6) is 0 Å². The van der Waals surface area contributed by atoms with Crippen molar-refractivity contribution in [2.75, 3.05) is 0 Å².